The number of hydrogen-bond acceptors (Lipinski definition) is 5. The van der Waals surface area contributed by atoms with Crippen molar-refractivity contribution in [3.05, 3.63) is 18.1 Å². The fourth-order valence-corrected chi connectivity index (χ4v) is 2.82. The second-order valence-electron chi connectivity index (χ2n) is 5.64. The molecule has 6 heteroatoms. The number of fused-ring (bicyclic) bond motifs is 1. The highest BCUT2D eigenvalue weighted by Crippen LogP contribution is 2.33. The third-order valence-electron chi connectivity index (χ3n) is 3.74. The minimum Gasteiger partial charge on any atom is -0.384 e. The molecule has 6 nitrogen and oxygen atoms in total. The Hall–Kier alpha value is -1.69. The number of methoxy groups -OCH3 is 1. The summed E-state index contributed by atoms with van der Waals surface area (Å²) in [7, 11) is 1.76. The lowest BCUT2D eigenvalue weighted by atomic mass is 9.91. The van der Waals surface area contributed by atoms with E-state index in [2.05, 4.69) is 33.0 Å². The molecule has 3 heterocycles. The fourth-order valence-electron chi connectivity index (χ4n) is 2.82. The van der Waals surface area contributed by atoms with Gasteiger partial charge in [-0.15, -0.1) is 0 Å². The molecule has 1 unspecified atom stereocenters. The molecule has 1 atom stereocenters. The summed E-state index contributed by atoms with van der Waals surface area (Å²) in [4.78, 5) is 10.9. The summed E-state index contributed by atoms with van der Waals surface area (Å²) in [5.41, 5.74) is 1.18. The van der Waals surface area contributed by atoms with Crippen molar-refractivity contribution in [1.82, 2.24) is 19.6 Å². The first-order chi connectivity index (χ1) is 9.11. The number of hydrogen-bond donors (Lipinski definition) is 0. The van der Waals surface area contributed by atoms with Gasteiger partial charge in [0.05, 0.1) is 6.61 Å². The van der Waals surface area contributed by atoms with Crippen LogP contribution in [0.3, 0.4) is 0 Å². The average Bonchev–Trinajstić information content (AvgIpc) is 2.95. The van der Waals surface area contributed by atoms with Crippen LogP contribution in [0.2, 0.25) is 0 Å². The first-order valence-electron chi connectivity index (χ1n) is 6.53. The fraction of sp³-hybridized carbons (Fsp3) is 0.615. The Bertz CT molecular complexity index is 596. The predicted octanol–water partition coefficient (Wildman–Crippen LogP) is 1.30. The second kappa shape index (κ2) is 4.45. The third kappa shape index (κ3) is 2.16. The molecule has 0 aliphatic carbocycles. The van der Waals surface area contributed by atoms with Crippen LogP contribution in [-0.2, 0) is 4.74 Å². The Morgan fingerprint density at radius 1 is 1.47 bits per heavy atom. The van der Waals surface area contributed by atoms with Crippen LogP contribution in [0.5, 0.6) is 0 Å². The van der Waals surface area contributed by atoms with Gasteiger partial charge in [-0.2, -0.15) is 14.6 Å². The van der Waals surface area contributed by atoms with Crippen molar-refractivity contribution >= 4 is 11.6 Å². The molecule has 3 rings (SSSR count). The lowest BCUT2D eigenvalue weighted by Crippen LogP contribution is -2.29. The Balaban J connectivity index is 1.95. The molecule has 0 amide bonds. The molecule has 0 spiro atoms. The van der Waals surface area contributed by atoms with E-state index in [0.717, 1.165) is 37.6 Å². The van der Waals surface area contributed by atoms with Crippen molar-refractivity contribution in [1.29, 1.82) is 0 Å². The van der Waals surface area contributed by atoms with Crippen molar-refractivity contribution in [2.75, 3.05) is 31.7 Å². The van der Waals surface area contributed by atoms with Crippen molar-refractivity contribution < 1.29 is 4.74 Å². The molecule has 102 valence electrons. The highest BCUT2D eigenvalue weighted by atomic mass is 16.5. The van der Waals surface area contributed by atoms with Crippen molar-refractivity contribution in [3.8, 4) is 0 Å². The van der Waals surface area contributed by atoms with Crippen molar-refractivity contribution in [2.24, 2.45) is 5.41 Å². The minimum absolute atomic E-state index is 0.207. The van der Waals surface area contributed by atoms with Gasteiger partial charge in [0.15, 0.2) is 0 Å². The number of aryl methyl sites for hydroxylation is 1. The van der Waals surface area contributed by atoms with Crippen LogP contribution < -0.4 is 4.90 Å². The van der Waals surface area contributed by atoms with Crippen LogP contribution >= 0.6 is 0 Å². The SMILES string of the molecule is COCC1(C)CCN(c2cc(C)nc3ncnn23)C1. The maximum atomic E-state index is 5.34. The second-order valence-corrected chi connectivity index (χ2v) is 5.64. The van der Waals surface area contributed by atoms with Gasteiger partial charge in [0.2, 0.25) is 0 Å². The molecular formula is C13H19N5O. The van der Waals surface area contributed by atoms with E-state index in [0.29, 0.717) is 5.78 Å². The third-order valence-corrected chi connectivity index (χ3v) is 3.74. The number of aromatic nitrogens is 4. The maximum absolute atomic E-state index is 5.34. The zero-order valence-electron chi connectivity index (χ0n) is 11.6. The number of rotatable bonds is 3. The lowest BCUT2D eigenvalue weighted by Gasteiger charge is -2.24. The zero-order valence-corrected chi connectivity index (χ0v) is 11.6. The van der Waals surface area contributed by atoms with Crippen LogP contribution in [0.1, 0.15) is 19.0 Å². The Kier molecular flexibility index (Phi) is 2.89. The minimum atomic E-state index is 0.207. The molecule has 0 aromatic carbocycles. The van der Waals surface area contributed by atoms with Crippen molar-refractivity contribution in [2.45, 2.75) is 20.3 Å². The van der Waals surface area contributed by atoms with E-state index in [9.17, 15) is 0 Å². The number of anilines is 1. The molecule has 1 fully saturated rings. The summed E-state index contributed by atoms with van der Waals surface area (Å²) in [6.45, 7) is 7.03. The highest BCUT2D eigenvalue weighted by Gasteiger charge is 2.35. The van der Waals surface area contributed by atoms with Gasteiger partial charge in [-0.05, 0) is 13.3 Å². The van der Waals surface area contributed by atoms with Crippen LogP contribution in [0, 0.1) is 12.3 Å². The molecular weight excluding hydrogens is 242 g/mol. The molecule has 2 aromatic rings. The Labute approximate surface area is 112 Å². The van der Waals surface area contributed by atoms with Gasteiger partial charge in [-0.1, -0.05) is 6.92 Å². The molecule has 2 aromatic heterocycles. The number of ether oxygens (including phenoxy) is 1. The lowest BCUT2D eigenvalue weighted by molar-refractivity contribution is 0.106. The predicted molar refractivity (Wildman–Crippen MR) is 72.3 cm³/mol. The maximum Gasteiger partial charge on any atom is 0.254 e. The van der Waals surface area contributed by atoms with Crippen LogP contribution in [0.25, 0.3) is 5.78 Å². The monoisotopic (exact) mass is 261 g/mol. The molecule has 0 saturated carbocycles. The molecule has 1 aliphatic rings. The van der Waals surface area contributed by atoms with Crippen molar-refractivity contribution in [3.63, 3.8) is 0 Å². The largest absolute Gasteiger partial charge is 0.384 e. The van der Waals surface area contributed by atoms with Crippen LogP contribution in [0.4, 0.5) is 5.82 Å². The quantitative estimate of drug-likeness (QED) is 0.833. The zero-order chi connectivity index (χ0) is 13.5. The van der Waals surface area contributed by atoms with Crippen LogP contribution in [-0.4, -0.2) is 46.4 Å². The van der Waals surface area contributed by atoms with Gasteiger partial charge in [-0.25, -0.2) is 4.98 Å². The standard InChI is InChI=1S/C13H19N5O/c1-10-6-11(18-12(16-10)14-9-15-18)17-5-4-13(2,7-17)8-19-3/h6,9H,4-5,7-8H2,1-3H3. The Morgan fingerprint density at radius 2 is 2.32 bits per heavy atom. The normalized spacial score (nSPS) is 23.4. The molecule has 1 saturated heterocycles. The molecule has 19 heavy (non-hydrogen) atoms. The molecule has 1 aliphatic heterocycles. The topological polar surface area (TPSA) is 55.5 Å². The molecule has 0 N–H and O–H groups in total. The summed E-state index contributed by atoms with van der Waals surface area (Å²) in [6, 6.07) is 2.07. The summed E-state index contributed by atoms with van der Waals surface area (Å²) in [5, 5.41) is 4.27. The van der Waals surface area contributed by atoms with E-state index in [1.807, 2.05) is 11.4 Å². The summed E-state index contributed by atoms with van der Waals surface area (Å²) in [6.07, 6.45) is 2.67. The average molecular weight is 261 g/mol. The summed E-state index contributed by atoms with van der Waals surface area (Å²) >= 11 is 0. The molecule has 0 radical (unpaired) electrons. The van der Waals surface area contributed by atoms with Gasteiger partial charge in [0.25, 0.3) is 5.78 Å². The first-order valence-corrected chi connectivity index (χ1v) is 6.53. The number of nitrogens with zero attached hydrogens (tertiary/aromatic N) is 5. The van der Waals surface area contributed by atoms with E-state index in [4.69, 9.17) is 4.74 Å². The van der Waals surface area contributed by atoms with Gasteiger partial charge in [0, 0.05) is 37.4 Å². The van der Waals surface area contributed by atoms with Gasteiger partial charge in [-0.3, -0.25) is 0 Å². The van der Waals surface area contributed by atoms with Gasteiger partial charge < -0.3 is 9.64 Å². The summed E-state index contributed by atoms with van der Waals surface area (Å²) < 4.78 is 7.15. The summed E-state index contributed by atoms with van der Waals surface area (Å²) in [5.74, 6) is 1.73. The van der Waals surface area contributed by atoms with Gasteiger partial charge >= 0.3 is 0 Å². The van der Waals surface area contributed by atoms with E-state index in [1.54, 1.807) is 13.4 Å². The van der Waals surface area contributed by atoms with E-state index >= 15 is 0 Å². The van der Waals surface area contributed by atoms with E-state index < -0.39 is 0 Å². The smallest absolute Gasteiger partial charge is 0.254 e. The van der Waals surface area contributed by atoms with Crippen LogP contribution in [0.15, 0.2) is 12.4 Å². The van der Waals surface area contributed by atoms with E-state index in [-0.39, 0.29) is 5.41 Å². The Morgan fingerprint density at radius 3 is 3.11 bits per heavy atom. The van der Waals surface area contributed by atoms with Gasteiger partial charge in [0.1, 0.15) is 12.1 Å². The highest BCUT2D eigenvalue weighted by molar-refractivity contribution is 5.48. The molecule has 0 bridgehead atoms. The van der Waals surface area contributed by atoms with E-state index in [1.165, 1.54) is 0 Å². The first kappa shape index (κ1) is 12.3.